The number of carbonyl (C=O) groups is 3. The van der Waals surface area contributed by atoms with E-state index in [2.05, 4.69) is 16.0 Å². The fourth-order valence-electron chi connectivity index (χ4n) is 3.67. The van der Waals surface area contributed by atoms with E-state index in [4.69, 9.17) is 4.42 Å². The van der Waals surface area contributed by atoms with Gasteiger partial charge >= 0.3 is 0 Å². The van der Waals surface area contributed by atoms with E-state index >= 15 is 0 Å². The Hall–Kier alpha value is -5.16. The third-order valence-corrected chi connectivity index (χ3v) is 6.94. The number of nitrogens with zero attached hydrogens (tertiary/aromatic N) is 1. The average molecular weight is 571 g/mol. The molecule has 11 heteroatoms. The molecule has 3 aromatic carbocycles. The Bertz CT molecular complexity index is 1590. The molecule has 3 amide bonds. The number of hydrogen-bond acceptors (Lipinski definition) is 7. The lowest BCUT2D eigenvalue weighted by Gasteiger charge is -2.14. The zero-order valence-electron chi connectivity index (χ0n) is 22.1. The van der Waals surface area contributed by atoms with Gasteiger partial charge in [0.15, 0.2) is 0 Å². The summed E-state index contributed by atoms with van der Waals surface area (Å²) < 4.78 is 5.31. The normalized spacial score (nSPS) is 11.8. The molecule has 4 aromatic rings. The van der Waals surface area contributed by atoms with Crippen molar-refractivity contribution in [3.8, 4) is 0 Å². The molecular formula is C30H26N4O6S. The summed E-state index contributed by atoms with van der Waals surface area (Å²) >= 11 is 1.31. The number of furan rings is 1. The van der Waals surface area contributed by atoms with Crippen molar-refractivity contribution < 1.29 is 23.7 Å². The van der Waals surface area contributed by atoms with Gasteiger partial charge in [-0.25, -0.2) is 0 Å². The number of thioether (sulfide) groups is 1. The highest BCUT2D eigenvalue weighted by Crippen LogP contribution is 2.27. The van der Waals surface area contributed by atoms with E-state index in [0.717, 1.165) is 4.90 Å². The summed E-state index contributed by atoms with van der Waals surface area (Å²) in [4.78, 5) is 49.7. The number of aryl methyl sites for hydroxylation is 1. The molecule has 3 N–H and O–H groups in total. The highest BCUT2D eigenvalue weighted by Gasteiger charge is 2.18. The molecule has 0 aliphatic rings. The van der Waals surface area contributed by atoms with Crippen molar-refractivity contribution in [2.24, 2.45) is 0 Å². The van der Waals surface area contributed by atoms with Gasteiger partial charge in [0, 0.05) is 40.0 Å². The maximum Gasteiger partial charge on any atom is 0.272 e. The summed E-state index contributed by atoms with van der Waals surface area (Å²) in [6.45, 7) is 3.44. The molecule has 0 saturated heterocycles. The second-order valence-electron chi connectivity index (χ2n) is 8.88. The van der Waals surface area contributed by atoms with Crippen LogP contribution in [0.3, 0.4) is 0 Å². The third kappa shape index (κ3) is 7.93. The number of nitrogens with one attached hydrogen (secondary N) is 3. The van der Waals surface area contributed by atoms with Crippen molar-refractivity contribution in [2.45, 2.75) is 24.0 Å². The van der Waals surface area contributed by atoms with Crippen molar-refractivity contribution in [1.29, 1.82) is 0 Å². The molecule has 10 nitrogen and oxygen atoms in total. The van der Waals surface area contributed by atoms with Gasteiger partial charge in [0.25, 0.3) is 17.5 Å². The van der Waals surface area contributed by atoms with E-state index in [9.17, 15) is 24.5 Å². The van der Waals surface area contributed by atoms with E-state index in [-0.39, 0.29) is 17.3 Å². The fraction of sp³-hybridized carbons (Fsp3) is 0.100. The molecule has 208 valence electrons. The summed E-state index contributed by atoms with van der Waals surface area (Å²) in [5, 5.41) is 18.7. The van der Waals surface area contributed by atoms with Crippen molar-refractivity contribution >= 4 is 52.6 Å². The summed E-state index contributed by atoms with van der Waals surface area (Å²) in [5.74, 6) is -0.851. The van der Waals surface area contributed by atoms with Crippen LogP contribution in [0, 0.1) is 17.0 Å². The Morgan fingerprint density at radius 2 is 1.68 bits per heavy atom. The number of rotatable bonds is 10. The molecule has 0 fully saturated rings. The Labute approximate surface area is 240 Å². The lowest BCUT2D eigenvalue weighted by molar-refractivity contribution is -0.384. The quantitative estimate of drug-likeness (QED) is 0.0915. The standard InChI is InChI=1S/C30H26N4O6S/c1-19-17-23(34(38)39)12-15-26(19)32-28(35)20(2)41-25-13-10-22(11-14-25)31-30(37)27(18-24-9-6-16-40-24)33-29(36)21-7-4-3-5-8-21/h3-18,20H,1-2H3,(H,31,37)(H,32,35)(H,33,36)/b27-18-. The van der Waals surface area contributed by atoms with Gasteiger partial charge in [0.1, 0.15) is 11.5 Å². The van der Waals surface area contributed by atoms with Crippen LogP contribution in [0.5, 0.6) is 0 Å². The molecule has 1 unspecified atom stereocenters. The first-order chi connectivity index (χ1) is 19.7. The Balaban J connectivity index is 1.38. The number of benzene rings is 3. The van der Waals surface area contributed by atoms with Crippen molar-refractivity contribution in [2.75, 3.05) is 10.6 Å². The number of anilines is 2. The molecule has 0 aliphatic carbocycles. The van der Waals surface area contributed by atoms with E-state index in [0.29, 0.717) is 28.3 Å². The molecule has 1 atom stereocenters. The molecule has 1 aromatic heterocycles. The van der Waals surface area contributed by atoms with Gasteiger partial charge in [-0.2, -0.15) is 0 Å². The predicted molar refractivity (Wildman–Crippen MR) is 157 cm³/mol. The van der Waals surface area contributed by atoms with Gasteiger partial charge in [0.2, 0.25) is 5.91 Å². The average Bonchev–Trinajstić information content (AvgIpc) is 3.48. The van der Waals surface area contributed by atoms with Gasteiger partial charge in [0.05, 0.1) is 16.4 Å². The Kier molecular flexibility index (Phi) is 9.33. The summed E-state index contributed by atoms with van der Waals surface area (Å²) in [7, 11) is 0. The van der Waals surface area contributed by atoms with Crippen LogP contribution < -0.4 is 16.0 Å². The third-order valence-electron chi connectivity index (χ3n) is 5.83. The highest BCUT2D eigenvalue weighted by atomic mass is 32.2. The van der Waals surface area contributed by atoms with Gasteiger partial charge in [-0.15, -0.1) is 11.8 Å². The first-order valence-electron chi connectivity index (χ1n) is 12.4. The molecule has 0 aliphatic heterocycles. The summed E-state index contributed by atoms with van der Waals surface area (Å²) in [5.41, 5.74) is 1.93. The van der Waals surface area contributed by atoms with Crippen LogP contribution in [0.15, 0.2) is 106 Å². The van der Waals surface area contributed by atoms with E-state index < -0.39 is 22.0 Å². The Morgan fingerprint density at radius 1 is 0.951 bits per heavy atom. The molecule has 4 rings (SSSR count). The SMILES string of the molecule is Cc1cc([N+](=O)[O-])ccc1NC(=O)C(C)Sc1ccc(NC(=O)/C(=C/c2ccco2)NC(=O)c2ccccc2)cc1. The van der Waals surface area contributed by atoms with Gasteiger partial charge in [-0.05, 0) is 74.0 Å². The van der Waals surface area contributed by atoms with Crippen molar-refractivity contribution in [3.05, 3.63) is 124 Å². The van der Waals surface area contributed by atoms with Crippen LogP contribution in [0.4, 0.5) is 17.1 Å². The van der Waals surface area contributed by atoms with E-state index in [1.54, 1.807) is 80.6 Å². The second-order valence-corrected chi connectivity index (χ2v) is 10.3. The molecule has 1 heterocycles. The van der Waals surface area contributed by atoms with Crippen LogP contribution in [-0.4, -0.2) is 27.9 Å². The monoisotopic (exact) mass is 570 g/mol. The number of nitro groups is 1. The van der Waals surface area contributed by atoms with Crippen LogP contribution >= 0.6 is 11.8 Å². The Morgan fingerprint density at radius 3 is 2.32 bits per heavy atom. The smallest absolute Gasteiger partial charge is 0.272 e. The number of carbonyl (C=O) groups excluding carboxylic acids is 3. The zero-order valence-corrected chi connectivity index (χ0v) is 22.9. The van der Waals surface area contributed by atoms with Crippen LogP contribution in [0.1, 0.15) is 28.6 Å². The van der Waals surface area contributed by atoms with Crippen LogP contribution in [0.25, 0.3) is 6.08 Å². The lowest BCUT2D eigenvalue weighted by Crippen LogP contribution is -2.30. The molecule has 41 heavy (non-hydrogen) atoms. The lowest BCUT2D eigenvalue weighted by atomic mass is 10.2. The highest BCUT2D eigenvalue weighted by molar-refractivity contribution is 8.00. The van der Waals surface area contributed by atoms with Gasteiger partial charge < -0.3 is 20.4 Å². The molecular weight excluding hydrogens is 544 g/mol. The minimum Gasteiger partial charge on any atom is -0.465 e. The maximum atomic E-state index is 13.1. The fourth-order valence-corrected chi connectivity index (χ4v) is 4.53. The minimum atomic E-state index is -0.544. The minimum absolute atomic E-state index is 0.000847. The number of nitro benzene ring substituents is 1. The first-order valence-corrected chi connectivity index (χ1v) is 13.3. The molecule has 0 saturated carbocycles. The largest absolute Gasteiger partial charge is 0.465 e. The first kappa shape index (κ1) is 28.8. The predicted octanol–water partition coefficient (Wildman–Crippen LogP) is 6.03. The topological polar surface area (TPSA) is 144 Å². The van der Waals surface area contributed by atoms with E-state index in [1.807, 2.05) is 0 Å². The molecule has 0 bridgehead atoms. The van der Waals surface area contributed by atoms with Crippen LogP contribution in [-0.2, 0) is 9.59 Å². The van der Waals surface area contributed by atoms with Crippen molar-refractivity contribution in [3.63, 3.8) is 0 Å². The van der Waals surface area contributed by atoms with Crippen LogP contribution in [0.2, 0.25) is 0 Å². The van der Waals surface area contributed by atoms with E-state index in [1.165, 1.54) is 42.3 Å². The number of amides is 3. The summed E-state index contributed by atoms with van der Waals surface area (Å²) in [6.07, 6.45) is 2.90. The van der Waals surface area contributed by atoms with Crippen molar-refractivity contribution in [1.82, 2.24) is 5.32 Å². The molecule has 0 radical (unpaired) electrons. The van der Waals surface area contributed by atoms with Gasteiger partial charge in [-0.1, -0.05) is 18.2 Å². The maximum absolute atomic E-state index is 13.1. The molecule has 0 spiro atoms. The second kappa shape index (κ2) is 13.3. The zero-order chi connectivity index (χ0) is 29.4. The van der Waals surface area contributed by atoms with Gasteiger partial charge in [-0.3, -0.25) is 24.5 Å². The number of hydrogen-bond donors (Lipinski definition) is 3. The summed E-state index contributed by atoms with van der Waals surface area (Å²) in [6, 6.07) is 23.0. The number of non-ortho nitro benzene ring substituents is 1.